The van der Waals surface area contributed by atoms with Crippen LogP contribution in [0.5, 0.6) is 0 Å². The van der Waals surface area contributed by atoms with Crippen molar-refractivity contribution in [3.63, 3.8) is 0 Å². The van der Waals surface area contributed by atoms with E-state index in [2.05, 4.69) is 48.7 Å². The summed E-state index contributed by atoms with van der Waals surface area (Å²) < 4.78 is 0. The molecule has 0 spiro atoms. The van der Waals surface area contributed by atoms with Crippen LogP contribution in [0.15, 0.2) is 24.3 Å². The van der Waals surface area contributed by atoms with Gasteiger partial charge in [0.25, 0.3) is 0 Å². The molecule has 114 valence electrons. The fraction of sp³-hybridized carbons (Fsp3) is 0.625. The van der Waals surface area contributed by atoms with Gasteiger partial charge in [-0.1, -0.05) is 24.3 Å². The summed E-state index contributed by atoms with van der Waals surface area (Å²) in [4.78, 5) is 0. The van der Waals surface area contributed by atoms with Crippen molar-refractivity contribution in [1.82, 2.24) is 10.6 Å². The summed E-state index contributed by atoms with van der Waals surface area (Å²) in [6.07, 6.45) is 0. The minimum absolute atomic E-state index is 0.165. The van der Waals surface area contributed by atoms with Crippen molar-refractivity contribution in [2.24, 2.45) is 11.5 Å². The van der Waals surface area contributed by atoms with E-state index in [1.807, 2.05) is 13.8 Å². The topological polar surface area (TPSA) is 76.1 Å². The van der Waals surface area contributed by atoms with Gasteiger partial charge >= 0.3 is 0 Å². The number of hydrogen-bond acceptors (Lipinski definition) is 4. The first-order valence-corrected chi connectivity index (χ1v) is 7.48. The Bertz CT molecular complexity index is 353. The molecule has 6 N–H and O–H groups in total. The van der Waals surface area contributed by atoms with Crippen LogP contribution in [-0.4, -0.2) is 25.2 Å². The molecule has 0 radical (unpaired) electrons. The molecule has 1 rings (SSSR count). The molecule has 1 aromatic carbocycles. The molecule has 0 aliphatic rings. The molecule has 0 saturated carbocycles. The third-order valence-electron chi connectivity index (χ3n) is 3.42. The van der Waals surface area contributed by atoms with Gasteiger partial charge in [0.15, 0.2) is 0 Å². The van der Waals surface area contributed by atoms with Gasteiger partial charge in [-0.3, -0.25) is 0 Å². The molecule has 0 amide bonds. The molecule has 0 heterocycles. The standard InChI is InChI=1S/C16H30N4/c1-11(17)9-19-13(3)15-7-5-6-8-16(15)14(4)20-10-12(2)18/h5-8,11-14,19-20H,9-10,17-18H2,1-4H3. The van der Waals surface area contributed by atoms with Crippen LogP contribution in [0, 0.1) is 0 Å². The third-order valence-corrected chi connectivity index (χ3v) is 3.42. The summed E-state index contributed by atoms with van der Waals surface area (Å²) in [5.74, 6) is 0. The Labute approximate surface area is 123 Å². The second kappa shape index (κ2) is 8.37. The highest BCUT2D eigenvalue weighted by atomic mass is 14.9. The Kier molecular flexibility index (Phi) is 7.16. The van der Waals surface area contributed by atoms with Crippen molar-refractivity contribution in [3.8, 4) is 0 Å². The number of nitrogens with one attached hydrogen (secondary N) is 2. The molecule has 0 aliphatic heterocycles. The summed E-state index contributed by atoms with van der Waals surface area (Å²) in [7, 11) is 0. The Hall–Kier alpha value is -0.940. The first-order valence-electron chi connectivity index (χ1n) is 7.48. The predicted molar refractivity (Wildman–Crippen MR) is 86.6 cm³/mol. The molecule has 0 saturated heterocycles. The van der Waals surface area contributed by atoms with E-state index in [1.54, 1.807) is 0 Å². The van der Waals surface area contributed by atoms with Crippen molar-refractivity contribution >= 4 is 0 Å². The largest absolute Gasteiger partial charge is 0.327 e. The van der Waals surface area contributed by atoms with E-state index in [-0.39, 0.29) is 24.2 Å². The van der Waals surface area contributed by atoms with E-state index in [1.165, 1.54) is 11.1 Å². The normalized spacial score (nSPS) is 17.5. The second-order valence-electron chi connectivity index (χ2n) is 5.84. The zero-order valence-electron chi connectivity index (χ0n) is 13.2. The summed E-state index contributed by atoms with van der Waals surface area (Å²) in [5.41, 5.74) is 14.3. The van der Waals surface area contributed by atoms with E-state index < -0.39 is 0 Å². The van der Waals surface area contributed by atoms with Crippen LogP contribution in [0.1, 0.15) is 50.9 Å². The number of benzene rings is 1. The van der Waals surface area contributed by atoms with Gasteiger partial charge in [-0.15, -0.1) is 0 Å². The number of hydrogen-bond donors (Lipinski definition) is 4. The van der Waals surface area contributed by atoms with Crippen molar-refractivity contribution in [1.29, 1.82) is 0 Å². The van der Waals surface area contributed by atoms with E-state index in [0.29, 0.717) is 0 Å². The van der Waals surface area contributed by atoms with Crippen LogP contribution in [0.3, 0.4) is 0 Å². The molecule has 1 aromatic rings. The first-order chi connectivity index (χ1) is 9.41. The average molecular weight is 278 g/mol. The zero-order valence-corrected chi connectivity index (χ0v) is 13.2. The van der Waals surface area contributed by atoms with Gasteiger partial charge < -0.3 is 22.1 Å². The van der Waals surface area contributed by atoms with Crippen LogP contribution in [-0.2, 0) is 0 Å². The lowest BCUT2D eigenvalue weighted by Gasteiger charge is -2.23. The molecule has 4 heteroatoms. The monoisotopic (exact) mass is 278 g/mol. The van der Waals surface area contributed by atoms with Gasteiger partial charge in [-0.2, -0.15) is 0 Å². The van der Waals surface area contributed by atoms with Gasteiger partial charge in [-0.25, -0.2) is 0 Å². The maximum Gasteiger partial charge on any atom is 0.0295 e. The minimum Gasteiger partial charge on any atom is -0.327 e. The summed E-state index contributed by atoms with van der Waals surface area (Å²) in [6, 6.07) is 9.43. The lowest BCUT2D eigenvalue weighted by molar-refractivity contribution is 0.506. The molecule has 0 fully saturated rings. The summed E-state index contributed by atoms with van der Waals surface area (Å²) in [6.45, 7) is 10.0. The Morgan fingerprint density at radius 2 is 1.15 bits per heavy atom. The quantitative estimate of drug-likeness (QED) is 0.583. The third kappa shape index (κ3) is 5.59. The Morgan fingerprint density at radius 3 is 1.45 bits per heavy atom. The van der Waals surface area contributed by atoms with Gasteiger partial charge in [0, 0.05) is 37.3 Å². The smallest absolute Gasteiger partial charge is 0.0295 e. The molecular formula is C16H30N4. The highest BCUT2D eigenvalue weighted by molar-refractivity contribution is 5.32. The highest BCUT2D eigenvalue weighted by Crippen LogP contribution is 2.23. The Morgan fingerprint density at radius 1 is 0.800 bits per heavy atom. The zero-order chi connectivity index (χ0) is 15.1. The van der Waals surface area contributed by atoms with E-state index >= 15 is 0 Å². The molecule has 0 bridgehead atoms. The molecule has 0 aromatic heterocycles. The first kappa shape index (κ1) is 17.1. The maximum absolute atomic E-state index is 5.81. The van der Waals surface area contributed by atoms with Gasteiger partial charge in [0.1, 0.15) is 0 Å². The van der Waals surface area contributed by atoms with Crippen molar-refractivity contribution in [2.45, 2.75) is 51.9 Å². The SMILES string of the molecule is CC(N)CNC(C)c1ccccc1C(C)NCC(C)N. The average Bonchev–Trinajstić information content (AvgIpc) is 2.42. The fourth-order valence-corrected chi connectivity index (χ4v) is 2.24. The predicted octanol–water partition coefficient (Wildman–Crippen LogP) is 1.68. The van der Waals surface area contributed by atoms with Crippen molar-refractivity contribution in [2.75, 3.05) is 13.1 Å². The molecule has 0 aliphatic carbocycles. The van der Waals surface area contributed by atoms with Crippen molar-refractivity contribution < 1.29 is 0 Å². The van der Waals surface area contributed by atoms with Crippen LogP contribution < -0.4 is 22.1 Å². The van der Waals surface area contributed by atoms with Crippen LogP contribution in [0.2, 0.25) is 0 Å². The number of nitrogens with two attached hydrogens (primary N) is 2. The summed E-state index contributed by atoms with van der Waals surface area (Å²) in [5, 5.41) is 6.96. The van der Waals surface area contributed by atoms with Crippen molar-refractivity contribution in [3.05, 3.63) is 35.4 Å². The van der Waals surface area contributed by atoms with Crippen LogP contribution >= 0.6 is 0 Å². The van der Waals surface area contributed by atoms with E-state index in [0.717, 1.165) is 13.1 Å². The van der Waals surface area contributed by atoms with Gasteiger partial charge in [0.05, 0.1) is 0 Å². The van der Waals surface area contributed by atoms with Gasteiger partial charge in [0.2, 0.25) is 0 Å². The molecule has 20 heavy (non-hydrogen) atoms. The van der Waals surface area contributed by atoms with E-state index in [4.69, 9.17) is 11.5 Å². The lowest BCUT2D eigenvalue weighted by Crippen LogP contribution is -2.35. The number of rotatable bonds is 8. The van der Waals surface area contributed by atoms with Gasteiger partial charge in [-0.05, 0) is 38.8 Å². The minimum atomic E-state index is 0.165. The fourth-order valence-electron chi connectivity index (χ4n) is 2.24. The van der Waals surface area contributed by atoms with Crippen LogP contribution in [0.4, 0.5) is 0 Å². The molecule has 4 unspecified atom stereocenters. The maximum atomic E-state index is 5.81. The molecule has 4 nitrogen and oxygen atoms in total. The molecular weight excluding hydrogens is 248 g/mol. The molecule has 4 atom stereocenters. The Balaban J connectivity index is 2.76. The summed E-state index contributed by atoms with van der Waals surface area (Å²) >= 11 is 0. The van der Waals surface area contributed by atoms with E-state index in [9.17, 15) is 0 Å². The second-order valence-corrected chi connectivity index (χ2v) is 5.84. The lowest BCUT2D eigenvalue weighted by atomic mass is 9.96. The van der Waals surface area contributed by atoms with Crippen LogP contribution in [0.25, 0.3) is 0 Å². The highest BCUT2D eigenvalue weighted by Gasteiger charge is 2.14.